The van der Waals surface area contributed by atoms with Crippen molar-refractivity contribution in [2.24, 2.45) is 4.99 Å². The fraction of sp³-hybridized carbons (Fsp3) is 0.500. The van der Waals surface area contributed by atoms with E-state index in [1.807, 2.05) is 18.3 Å². The monoisotopic (exact) mass is 320 g/mol. The summed E-state index contributed by atoms with van der Waals surface area (Å²) < 4.78 is 5.33. The normalized spacial score (nSPS) is 11.7. The van der Waals surface area contributed by atoms with E-state index in [1.165, 1.54) is 9.88 Å². The summed E-state index contributed by atoms with van der Waals surface area (Å²) in [7, 11) is 2.06. The van der Waals surface area contributed by atoms with Gasteiger partial charge in [-0.25, -0.2) is 4.98 Å². The fourth-order valence-corrected chi connectivity index (χ4v) is 2.86. The van der Waals surface area contributed by atoms with E-state index in [-0.39, 0.29) is 0 Å². The Morgan fingerprint density at radius 3 is 2.95 bits per heavy atom. The Morgan fingerprint density at radius 2 is 2.32 bits per heavy atom. The SMILES string of the molecule is CCNC(=NCCc1ccco1)N(C)CCc1ncc(C)s1. The average molecular weight is 320 g/mol. The molecular weight excluding hydrogens is 296 g/mol. The molecular formula is C16H24N4OS. The number of nitrogens with one attached hydrogen (secondary N) is 1. The molecule has 0 fully saturated rings. The Kier molecular flexibility index (Phi) is 6.45. The third-order valence-corrected chi connectivity index (χ3v) is 4.20. The largest absolute Gasteiger partial charge is 0.469 e. The minimum absolute atomic E-state index is 0.719. The molecule has 0 aliphatic rings. The second-order valence-electron chi connectivity index (χ2n) is 5.10. The lowest BCUT2D eigenvalue weighted by molar-refractivity contribution is 0.481. The molecule has 0 amide bonds. The van der Waals surface area contributed by atoms with Crippen LogP contribution in [0.25, 0.3) is 0 Å². The van der Waals surface area contributed by atoms with Crippen LogP contribution in [0.5, 0.6) is 0 Å². The van der Waals surface area contributed by atoms with Crippen LogP contribution in [-0.2, 0) is 12.8 Å². The molecule has 6 heteroatoms. The summed E-state index contributed by atoms with van der Waals surface area (Å²) in [4.78, 5) is 12.5. The van der Waals surface area contributed by atoms with Crippen molar-refractivity contribution >= 4 is 17.3 Å². The molecule has 0 aliphatic carbocycles. The number of furan rings is 1. The number of nitrogens with zero attached hydrogens (tertiary/aromatic N) is 3. The van der Waals surface area contributed by atoms with Gasteiger partial charge in [0.25, 0.3) is 0 Å². The van der Waals surface area contributed by atoms with Gasteiger partial charge in [0.2, 0.25) is 0 Å². The maximum Gasteiger partial charge on any atom is 0.193 e. The highest BCUT2D eigenvalue weighted by molar-refractivity contribution is 7.11. The number of rotatable bonds is 7. The molecule has 0 aromatic carbocycles. The molecule has 2 aromatic rings. The van der Waals surface area contributed by atoms with Crippen molar-refractivity contribution in [2.75, 3.05) is 26.7 Å². The number of likely N-dealkylation sites (N-methyl/N-ethyl adjacent to an activating group) is 1. The van der Waals surface area contributed by atoms with Crippen LogP contribution in [0, 0.1) is 6.92 Å². The van der Waals surface area contributed by atoms with Gasteiger partial charge in [-0.15, -0.1) is 11.3 Å². The van der Waals surface area contributed by atoms with Crippen molar-refractivity contribution < 1.29 is 4.42 Å². The molecule has 2 rings (SSSR count). The van der Waals surface area contributed by atoms with E-state index in [0.29, 0.717) is 0 Å². The van der Waals surface area contributed by atoms with Crippen molar-refractivity contribution in [1.82, 2.24) is 15.2 Å². The van der Waals surface area contributed by atoms with E-state index in [2.05, 4.69) is 41.1 Å². The quantitative estimate of drug-likeness (QED) is 0.629. The minimum atomic E-state index is 0.719. The lowest BCUT2D eigenvalue weighted by atomic mass is 10.3. The zero-order valence-corrected chi connectivity index (χ0v) is 14.3. The summed E-state index contributed by atoms with van der Waals surface area (Å²) in [5.41, 5.74) is 0. The number of hydrogen-bond donors (Lipinski definition) is 1. The molecule has 0 saturated heterocycles. The van der Waals surface area contributed by atoms with E-state index >= 15 is 0 Å². The Balaban J connectivity index is 1.85. The third-order valence-electron chi connectivity index (χ3n) is 3.23. The zero-order chi connectivity index (χ0) is 15.8. The maximum absolute atomic E-state index is 5.33. The van der Waals surface area contributed by atoms with Gasteiger partial charge < -0.3 is 14.6 Å². The molecule has 0 aliphatic heterocycles. The van der Waals surface area contributed by atoms with Gasteiger partial charge in [-0.2, -0.15) is 0 Å². The van der Waals surface area contributed by atoms with Gasteiger partial charge in [-0.3, -0.25) is 4.99 Å². The van der Waals surface area contributed by atoms with E-state index in [9.17, 15) is 0 Å². The van der Waals surface area contributed by atoms with Gasteiger partial charge in [0.1, 0.15) is 5.76 Å². The van der Waals surface area contributed by atoms with Crippen LogP contribution in [0.3, 0.4) is 0 Å². The van der Waals surface area contributed by atoms with E-state index < -0.39 is 0 Å². The highest BCUT2D eigenvalue weighted by atomic mass is 32.1. The van der Waals surface area contributed by atoms with Gasteiger partial charge >= 0.3 is 0 Å². The van der Waals surface area contributed by atoms with E-state index in [4.69, 9.17) is 4.42 Å². The molecule has 22 heavy (non-hydrogen) atoms. The molecule has 2 aromatic heterocycles. The van der Waals surface area contributed by atoms with Crippen molar-refractivity contribution in [3.8, 4) is 0 Å². The molecule has 120 valence electrons. The van der Waals surface area contributed by atoms with Crippen LogP contribution in [0.4, 0.5) is 0 Å². The van der Waals surface area contributed by atoms with E-state index in [1.54, 1.807) is 17.6 Å². The molecule has 0 spiro atoms. The number of aromatic nitrogens is 1. The second kappa shape index (κ2) is 8.58. The van der Waals surface area contributed by atoms with Gasteiger partial charge in [0.05, 0.1) is 11.3 Å². The van der Waals surface area contributed by atoms with Crippen LogP contribution in [-0.4, -0.2) is 42.5 Å². The molecule has 1 N–H and O–H groups in total. The van der Waals surface area contributed by atoms with Crippen molar-refractivity contribution in [3.05, 3.63) is 40.2 Å². The average Bonchev–Trinajstić information content (AvgIpc) is 3.15. The molecule has 0 saturated carbocycles. The number of aliphatic imine (C=N–C) groups is 1. The Hall–Kier alpha value is -1.82. The minimum Gasteiger partial charge on any atom is -0.469 e. The summed E-state index contributed by atoms with van der Waals surface area (Å²) in [5.74, 6) is 1.91. The lowest BCUT2D eigenvalue weighted by Gasteiger charge is -2.21. The first-order valence-corrected chi connectivity index (χ1v) is 8.44. The van der Waals surface area contributed by atoms with Crippen LogP contribution in [0.2, 0.25) is 0 Å². The molecule has 0 bridgehead atoms. The molecule has 0 unspecified atom stereocenters. The van der Waals surface area contributed by atoms with Crippen LogP contribution in [0.1, 0.15) is 22.6 Å². The second-order valence-corrected chi connectivity index (χ2v) is 6.42. The first-order chi connectivity index (χ1) is 10.7. The lowest BCUT2D eigenvalue weighted by Crippen LogP contribution is -2.40. The Morgan fingerprint density at radius 1 is 1.45 bits per heavy atom. The summed E-state index contributed by atoms with van der Waals surface area (Å²) >= 11 is 1.76. The van der Waals surface area contributed by atoms with Crippen molar-refractivity contribution in [3.63, 3.8) is 0 Å². The van der Waals surface area contributed by atoms with Gasteiger partial charge in [-0.1, -0.05) is 0 Å². The first-order valence-electron chi connectivity index (χ1n) is 7.62. The fourth-order valence-electron chi connectivity index (χ4n) is 2.08. The molecule has 0 radical (unpaired) electrons. The van der Waals surface area contributed by atoms with Crippen LogP contribution >= 0.6 is 11.3 Å². The molecule has 5 nitrogen and oxygen atoms in total. The number of hydrogen-bond acceptors (Lipinski definition) is 4. The van der Waals surface area contributed by atoms with Crippen molar-refractivity contribution in [2.45, 2.75) is 26.7 Å². The summed E-state index contributed by atoms with van der Waals surface area (Å²) in [6, 6.07) is 3.89. The number of aryl methyl sites for hydroxylation is 1. The first kappa shape index (κ1) is 16.5. The topological polar surface area (TPSA) is 53.7 Å². The van der Waals surface area contributed by atoms with Crippen LogP contribution < -0.4 is 5.32 Å². The summed E-state index contributed by atoms with van der Waals surface area (Å²) in [6.07, 6.45) is 5.40. The Bertz CT molecular complexity index is 577. The van der Waals surface area contributed by atoms with Gasteiger partial charge in [0.15, 0.2) is 5.96 Å². The summed E-state index contributed by atoms with van der Waals surface area (Å²) in [6.45, 7) is 6.65. The van der Waals surface area contributed by atoms with E-state index in [0.717, 1.165) is 44.2 Å². The standard InChI is InChI=1S/C16H24N4OS/c1-4-17-16(18-9-7-14-6-5-11-21-14)20(3)10-8-15-19-12-13(2)22-15/h5-6,11-12H,4,7-10H2,1-3H3,(H,17,18). The predicted molar refractivity (Wildman–Crippen MR) is 91.6 cm³/mol. The highest BCUT2D eigenvalue weighted by Crippen LogP contribution is 2.11. The number of thiazole rings is 1. The van der Waals surface area contributed by atoms with Gasteiger partial charge in [-0.05, 0) is 26.0 Å². The number of guanidine groups is 1. The van der Waals surface area contributed by atoms with Crippen LogP contribution in [0.15, 0.2) is 34.0 Å². The Labute approximate surface area is 136 Å². The molecule has 0 atom stereocenters. The zero-order valence-electron chi connectivity index (χ0n) is 13.5. The highest BCUT2D eigenvalue weighted by Gasteiger charge is 2.07. The van der Waals surface area contributed by atoms with Gasteiger partial charge in [0, 0.05) is 50.6 Å². The smallest absolute Gasteiger partial charge is 0.193 e. The van der Waals surface area contributed by atoms with Crippen molar-refractivity contribution in [1.29, 1.82) is 0 Å². The third kappa shape index (κ3) is 5.18. The molecule has 2 heterocycles. The maximum atomic E-state index is 5.33. The predicted octanol–water partition coefficient (Wildman–Crippen LogP) is 2.73. The summed E-state index contributed by atoms with van der Waals surface area (Å²) in [5, 5.41) is 4.51.